The van der Waals surface area contributed by atoms with Crippen molar-refractivity contribution < 1.29 is 9.21 Å². The van der Waals surface area contributed by atoms with Gasteiger partial charge >= 0.3 is 0 Å². The van der Waals surface area contributed by atoms with E-state index >= 15 is 0 Å². The highest BCUT2D eigenvalue weighted by Crippen LogP contribution is 2.29. The van der Waals surface area contributed by atoms with E-state index in [9.17, 15) is 4.79 Å². The zero-order valence-corrected chi connectivity index (χ0v) is 20.4. The molecule has 0 atom stereocenters. The molecule has 178 valence electrons. The van der Waals surface area contributed by atoms with Crippen molar-refractivity contribution in [1.29, 1.82) is 0 Å². The Hall–Kier alpha value is -3.65. The number of amides is 1. The summed E-state index contributed by atoms with van der Waals surface area (Å²) in [6.07, 6.45) is 3.80. The van der Waals surface area contributed by atoms with Crippen LogP contribution >= 0.6 is 11.8 Å². The molecule has 0 saturated carbocycles. The van der Waals surface area contributed by atoms with Gasteiger partial charge in [0.25, 0.3) is 0 Å². The fourth-order valence-electron chi connectivity index (χ4n) is 4.08. The molecule has 0 aliphatic heterocycles. The topological polar surface area (TPSA) is 85.8 Å². The molecule has 0 aliphatic carbocycles. The largest absolute Gasteiger partial charge is 0.467 e. The maximum atomic E-state index is 12.0. The Labute approximate surface area is 208 Å². The summed E-state index contributed by atoms with van der Waals surface area (Å²) in [5.41, 5.74) is 5.19. The lowest BCUT2D eigenvalue weighted by molar-refractivity contribution is -0.121. The molecule has 5 aromatic rings. The average Bonchev–Trinajstić information content (AvgIpc) is 3.50. The van der Waals surface area contributed by atoms with Gasteiger partial charge in [-0.05, 0) is 49.6 Å². The number of rotatable bonds is 10. The van der Waals surface area contributed by atoms with Crippen molar-refractivity contribution in [2.75, 3.05) is 5.75 Å². The first-order valence-electron chi connectivity index (χ1n) is 11.8. The van der Waals surface area contributed by atoms with Gasteiger partial charge in [-0.25, -0.2) is 4.98 Å². The van der Waals surface area contributed by atoms with Gasteiger partial charge in [-0.2, -0.15) is 0 Å². The van der Waals surface area contributed by atoms with Crippen LogP contribution < -0.4 is 5.32 Å². The summed E-state index contributed by atoms with van der Waals surface area (Å²) in [6, 6.07) is 20.5. The Kier molecular flexibility index (Phi) is 7.09. The minimum atomic E-state index is 0.0338. The van der Waals surface area contributed by atoms with Gasteiger partial charge in [0.15, 0.2) is 5.65 Å². The molecular formula is C27H27N5O2S. The molecule has 0 bridgehead atoms. The zero-order chi connectivity index (χ0) is 24.0. The van der Waals surface area contributed by atoms with Crippen molar-refractivity contribution in [3.63, 3.8) is 0 Å². The van der Waals surface area contributed by atoms with E-state index in [1.807, 2.05) is 18.2 Å². The second-order valence-corrected chi connectivity index (χ2v) is 9.58. The number of benzene rings is 2. The first-order chi connectivity index (χ1) is 17.2. The van der Waals surface area contributed by atoms with Crippen molar-refractivity contribution in [2.24, 2.45) is 0 Å². The third-order valence-corrected chi connectivity index (χ3v) is 6.78. The Morgan fingerprint density at radius 2 is 1.94 bits per heavy atom. The van der Waals surface area contributed by atoms with Crippen molar-refractivity contribution >= 4 is 39.7 Å². The Bertz CT molecular complexity index is 1430. The van der Waals surface area contributed by atoms with Gasteiger partial charge in [0, 0.05) is 24.1 Å². The Morgan fingerprint density at radius 3 is 2.77 bits per heavy atom. The van der Waals surface area contributed by atoms with Crippen LogP contribution in [-0.2, 0) is 17.9 Å². The molecule has 3 aromatic heterocycles. The molecule has 5 rings (SSSR count). The number of aromatic nitrogens is 4. The van der Waals surface area contributed by atoms with Crippen LogP contribution in [0.2, 0.25) is 0 Å². The standard InChI is InChI=1S/C27H27N5O2S/c1-19-12-13-23-22(16-19)25-26(32(23)18-20-8-3-2-4-9-20)29-27(31-30-25)35-15-6-5-11-24(33)28-17-21-10-7-14-34-21/h2-4,7-10,12-14,16H,5-6,11,15,17-18H2,1H3,(H,28,33). The normalized spacial score (nSPS) is 11.3. The van der Waals surface area contributed by atoms with E-state index in [-0.39, 0.29) is 5.91 Å². The molecular weight excluding hydrogens is 458 g/mol. The fourth-order valence-corrected chi connectivity index (χ4v) is 4.86. The van der Waals surface area contributed by atoms with Crippen LogP contribution in [0, 0.1) is 6.92 Å². The van der Waals surface area contributed by atoms with E-state index in [0.717, 1.165) is 53.0 Å². The summed E-state index contributed by atoms with van der Waals surface area (Å²) in [5.74, 6) is 1.62. The molecule has 0 saturated heterocycles. The van der Waals surface area contributed by atoms with Crippen molar-refractivity contribution in [2.45, 2.75) is 44.4 Å². The lowest BCUT2D eigenvalue weighted by Gasteiger charge is -2.07. The van der Waals surface area contributed by atoms with Gasteiger partial charge in [0.05, 0.1) is 18.3 Å². The predicted octanol–water partition coefficient (Wildman–Crippen LogP) is 5.51. The van der Waals surface area contributed by atoms with Gasteiger partial charge < -0.3 is 14.3 Å². The molecule has 35 heavy (non-hydrogen) atoms. The minimum absolute atomic E-state index is 0.0338. The second kappa shape index (κ2) is 10.7. The number of unbranched alkanes of at least 4 members (excludes halogenated alkanes) is 1. The Morgan fingerprint density at radius 1 is 1.06 bits per heavy atom. The molecule has 7 nitrogen and oxygen atoms in total. The van der Waals surface area contributed by atoms with Gasteiger partial charge in [-0.3, -0.25) is 4.79 Å². The van der Waals surface area contributed by atoms with E-state index in [0.29, 0.717) is 18.1 Å². The summed E-state index contributed by atoms with van der Waals surface area (Å²) in [4.78, 5) is 16.9. The number of hydrogen-bond donors (Lipinski definition) is 1. The van der Waals surface area contributed by atoms with Crippen LogP contribution in [0.15, 0.2) is 76.5 Å². The number of aryl methyl sites for hydroxylation is 1. The van der Waals surface area contributed by atoms with Gasteiger partial charge in [-0.15, -0.1) is 10.2 Å². The molecule has 1 amide bonds. The summed E-state index contributed by atoms with van der Waals surface area (Å²) < 4.78 is 7.46. The third kappa shape index (κ3) is 5.54. The highest BCUT2D eigenvalue weighted by molar-refractivity contribution is 7.99. The molecule has 1 N–H and O–H groups in total. The molecule has 0 radical (unpaired) electrons. The summed E-state index contributed by atoms with van der Waals surface area (Å²) in [7, 11) is 0. The molecule has 0 fully saturated rings. The minimum Gasteiger partial charge on any atom is -0.467 e. The number of hydrogen-bond acceptors (Lipinski definition) is 6. The fraction of sp³-hybridized carbons (Fsp3) is 0.259. The number of nitrogens with zero attached hydrogens (tertiary/aromatic N) is 4. The number of carbonyl (C=O) groups excluding carboxylic acids is 1. The second-order valence-electron chi connectivity index (χ2n) is 8.52. The van der Waals surface area contributed by atoms with E-state index < -0.39 is 0 Å². The zero-order valence-electron chi connectivity index (χ0n) is 19.6. The van der Waals surface area contributed by atoms with Crippen LogP contribution in [-0.4, -0.2) is 31.4 Å². The van der Waals surface area contributed by atoms with E-state index in [1.165, 1.54) is 11.1 Å². The third-order valence-electron chi connectivity index (χ3n) is 5.86. The number of fused-ring (bicyclic) bond motifs is 3. The lowest BCUT2D eigenvalue weighted by atomic mass is 10.1. The molecule has 8 heteroatoms. The van der Waals surface area contributed by atoms with Crippen molar-refractivity contribution in [3.05, 3.63) is 83.8 Å². The van der Waals surface area contributed by atoms with E-state index in [2.05, 4.69) is 69.5 Å². The van der Waals surface area contributed by atoms with Crippen LogP contribution in [0.3, 0.4) is 0 Å². The molecule has 0 aliphatic rings. The average molecular weight is 486 g/mol. The quantitative estimate of drug-likeness (QED) is 0.207. The monoisotopic (exact) mass is 485 g/mol. The van der Waals surface area contributed by atoms with Crippen LogP contribution in [0.1, 0.15) is 36.1 Å². The maximum Gasteiger partial charge on any atom is 0.220 e. The van der Waals surface area contributed by atoms with Crippen molar-refractivity contribution in [1.82, 2.24) is 25.1 Å². The molecule has 0 unspecified atom stereocenters. The van der Waals surface area contributed by atoms with Gasteiger partial charge in [0.1, 0.15) is 11.3 Å². The summed E-state index contributed by atoms with van der Waals surface area (Å²) in [5, 5.41) is 13.6. The van der Waals surface area contributed by atoms with Crippen LogP contribution in [0.5, 0.6) is 0 Å². The number of thioether (sulfide) groups is 1. The molecule has 3 heterocycles. The summed E-state index contributed by atoms with van der Waals surface area (Å²) >= 11 is 1.58. The predicted molar refractivity (Wildman–Crippen MR) is 138 cm³/mol. The number of nitrogens with one attached hydrogen (secondary N) is 1. The summed E-state index contributed by atoms with van der Waals surface area (Å²) in [6.45, 7) is 3.23. The number of carbonyl (C=O) groups is 1. The van der Waals surface area contributed by atoms with Gasteiger partial charge in [-0.1, -0.05) is 53.7 Å². The van der Waals surface area contributed by atoms with Crippen molar-refractivity contribution in [3.8, 4) is 0 Å². The molecule has 0 spiro atoms. The molecule has 2 aromatic carbocycles. The SMILES string of the molecule is Cc1ccc2c(c1)c1nnc(SCCCCC(=O)NCc3ccco3)nc1n2Cc1ccccc1. The van der Waals surface area contributed by atoms with E-state index in [1.54, 1.807) is 18.0 Å². The maximum absolute atomic E-state index is 12.0. The van der Waals surface area contributed by atoms with Crippen LogP contribution in [0.4, 0.5) is 0 Å². The first kappa shape index (κ1) is 23.1. The highest BCUT2D eigenvalue weighted by atomic mass is 32.2. The highest BCUT2D eigenvalue weighted by Gasteiger charge is 2.16. The number of furan rings is 1. The first-order valence-corrected chi connectivity index (χ1v) is 12.7. The van der Waals surface area contributed by atoms with Gasteiger partial charge in [0.2, 0.25) is 11.1 Å². The van der Waals surface area contributed by atoms with E-state index in [4.69, 9.17) is 9.40 Å². The Balaban J connectivity index is 1.24. The lowest BCUT2D eigenvalue weighted by Crippen LogP contribution is -2.22. The van der Waals surface area contributed by atoms with Crippen LogP contribution in [0.25, 0.3) is 22.1 Å². The smallest absolute Gasteiger partial charge is 0.220 e.